The van der Waals surface area contributed by atoms with Crippen LogP contribution in [-0.4, -0.2) is 39.3 Å². The zero-order valence-electron chi connectivity index (χ0n) is 14.6. The van der Waals surface area contributed by atoms with Crippen LogP contribution >= 0.6 is 0 Å². The molecule has 1 atom stereocenters. The summed E-state index contributed by atoms with van der Waals surface area (Å²) in [5.41, 5.74) is 2.34. The monoisotopic (exact) mass is 368 g/mol. The molecule has 2 aromatic carbocycles. The molecule has 0 saturated carbocycles. The Morgan fingerprint density at radius 1 is 1.12 bits per heavy atom. The number of carbonyl (C=O) groups excluding carboxylic acids is 1. The van der Waals surface area contributed by atoms with Gasteiger partial charge in [-0.25, -0.2) is 4.98 Å². The standard InChI is InChI=1S/C20H20N2O3S/c1-26(24)16-8-6-15(7-9-16)20(23)22-12-10-14(11-13-22)19-21-17-4-2-3-5-18(17)25-19/h2-9,14H,10-13H2,1H3. The zero-order chi connectivity index (χ0) is 18.1. The minimum absolute atomic E-state index is 0.0226. The number of fused-ring (bicyclic) bond motifs is 1. The molecule has 1 unspecified atom stereocenters. The van der Waals surface area contributed by atoms with E-state index in [9.17, 15) is 9.00 Å². The van der Waals surface area contributed by atoms with Gasteiger partial charge in [-0.15, -0.1) is 0 Å². The van der Waals surface area contributed by atoms with Gasteiger partial charge in [0.25, 0.3) is 5.91 Å². The summed E-state index contributed by atoms with van der Waals surface area (Å²) < 4.78 is 17.3. The molecule has 0 radical (unpaired) electrons. The van der Waals surface area contributed by atoms with Crippen molar-refractivity contribution in [1.82, 2.24) is 9.88 Å². The molecule has 1 amide bonds. The summed E-state index contributed by atoms with van der Waals surface area (Å²) in [6, 6.07) is 14.8. The summed E-state index contributed by atoms with van der Waals surface area (Å²) in [7, 11) is -1.03. The van der Waals surface area contributed by atoms with Crippen LogP contribution in [0.2, 0.25) is 0 Å². The third-order valence-electron chi connectivity index (χ3n) is 4.88. The molecule has 0 aliphatic carbocycles. The van der Waals surface area contributed by atoms with Crippen molar-refractivity contribution in [2.45, 2.75) is 23.7 Å². The van der Waals surface area contributed by atoms with E-state index in [0.717, 1.165) is 34.7 Å². The third-order valence-corrected chi connectivity index (χ3v) is 5.81. The van der Waals surface area contributed by atoms with Crippen molar-refractivity contribution in [3.8, 4) is 0 Å². The van der Waals surface area contributed by atoms with Gasteiger partial charge >= 0.3 is 0 Å². The maximum atomic E-state index is 12.7. The molecule has 1 aliphatic heterocycles. The van der Waals surface area contributed by atoms with Crippen molar-refractivity contribution in [3.63, 3.8) is 0 Å². The Kier molecular flexibility index (Phi) is 4.59. The highest BCUT2D eigenvalue weighted by molar-refractivity contribution is 7.84. The number of benzene rings is 2. The lowest BCUT2D eigenvalue weighted by molar-refractivity contribution is 0.0706. The Morgan fingerprint density at radius 2 is 1.81 bits per heavy atom. The molecule has 0 spiro atoms. The Morgan fingerprint density at radius 3 is 2.46 bits per heavy atom. The number of oxazole rings is 1. The molecule has 2 heterocycles. The fourth-order valence-electron chi connectivity index (χ4n) is 3.37. The van der Waals surface area contributed by atoms with Crippen LogP contribution in [0.25, 0.3) is 11.1 Å². The average molecular weight is 368 g/mol. The van der Waals surface area contributed by atoms with Crippen LogP contribution in [0.4, 0.5) is 0 Å². The van der Waals surface area contributed by atoms with Gasteiger partial charge < -0.3 is 9.32 Å². The number of para-hydroxylation sites is 2. The first-order valence-electron chi connectivity index (χ1n) is 8.70. The highest BCUT2D eigenvalue weighted by Gasteiger charge is 2.27. The molecule has 0 N–H and O–H groups in total. The second-order valence-electron chi connectivity index (χ2n) is 6.56. The van der Waals surface area contributed by atoms with Crippen LogP contribution in [0.1, 0.15) is 35.0 Å². The maximum Gasteiger partial charge on any atom is 0.253 e. The third kappa shape index (κ3) is 3.29. The van der Waals surface area contributed by atoms with Gasteiger partial charge in [-0.3, -0.25) is 9.00 Å². The van der Waals surface area contributed by atoms with E-state index in [2.05, 4.69) is 4.98 Å². The van der Waals surface area contributed by atoms with Crippen molar-refractivity contribution in [2.24, 2.45) is 0 Å². The molecule has 26 heavy (non-hydrogen) atoms. The maximum absolute atomic E-state index is 12.7. The highest BCUT2D eigenvalue weighted by Crippen LogP contribution is 2.30. The van der Waals surface area contributed by atoms with Gasteiger partial charge in [0.05, 0.1) is 0 Å². The summed E-state index contributed by atoms with van der Waals surface area (Å²) >= 11 is 0. The van der Waals surface area contributed by atoms with Gasteiger partial charge in [0, 0.05) is 46.5 Å². The first-order valence-corrected chi connectivity index (χ1v) is 10.3. The predicted octanol–water partition coefficient (Wildman–Crippen LogP) is 3.59. The van der Waals surface area contributed by atoms with E-state index in [4.69, 9.17) is 4.42 Å². The lowest BCUT2D eigenvalue weighted by Crippen LogP contribution is -2.38. The highest BCUT2D eigenvalue weighted by atomic mass is 32.2. The molecule has 1 saturated heterocycles. The number of nitrogens with zero attached hydrogens (tertiary/aromatic N) is 2. The summed E-state index contributed by atoms with van der Waals surface area (Å²) in [6.07, 6.45) is 3.32. The Labute approximate surface area is 154 Å². The number of carbonyl (C=O) groups is 1. The number of aromatic nitrogens is 1. The van der Waals surface area contributed by atoms with Crippen LogP contribution in [0, 0.1) is 0 Å². The first-order chi connectivity index (χ1) is 12.6. The van der Waals surface area contributed by atoms with Crippen molar-refractivity contribution >= 4 is 27.8 Å². The van der Waals surface area contributed by atoms with E-state index in [1.807, 2.05) is 29.2 Å². The topological polar surface area (TPSA) is 63.4 Å². The van der Waals surface area contributed by atoms with Crippen LogP contribution in [-0.2, 0) is 10.8 Å². The number of hydrogen-bond acceptors (Lipinski definition) is 4. The number of amides is 1. The fraction of sp³-hybridized carbons (Fsp3) is 0.300. The predicted molar refractivity (Wildman–Crippen MR) is 101 cm³/mol. The molecule has 3 aromatic rings. The minimum Gasteiger partial charge on any atom is -0.440 e. The van der Waals surface area contributed by atoms with Gasteiger partial charge in [0.1, 0.15) is 5.52 Å². The SMILES string of the molecule is CS(=O)c1ccc(C(=O)N2CCC(c3nc4ccccc4o3)CC2)cc1. The van der Waals surface area contributed by atoms with Gasteiger partial charge in [0.2, 0.25) is 0 Å². The van der Waals surface area contributed by atoms with E-state index in [0.29, 0.717) is 18.7 Å². The van der Waals surface area contributed by atoms with Gasteiger partial charge in [-0.2, -0.15) is 0 Å². The second-order valence-corrected chi connectivity index (χ2v) is 7.94. The quantitative estimate of drug-likeness (QED) is 0.709. The zero-order valence-corrected chi connectivity index (χ0v) is 15.4. The van der Waals surface area contributed by atoms with Gasteiger partial charge in [-0.05, 0) is 49.2 Å². The summed E-state index contributed by atoms with van der Waals surface area (Å²) in [6.45, 7) is 1.37. The summed E-state index contributed by atoms with van der Waals surface area (Å²) in [5.74, 6) is 1.04. The number of rotatable bonds is 3. The van der Waals surface area contributed by atoms with Crippen molar-refractivity contribution in [1.29, 1.82) is 0 Å². The molecule has 6 heteroatoms. The first kappa shape index (κ1) is 17.0. The Bertz CT molecular complexity index is 924. The van der Waals surface area contributed by atoms with Crippen molar-refractivity contribution in [3.05, 3.63) is 60.0 Å². The molecule has 1 aliphatic rings. The van der Waals surface area contributed by atoms with E-state index < -0.39 is 10.8 Å². The largest absolute Gasteiger partial charge is 0.440 e. The summed E-state index contributed by atoms with van der Waals surface area (Å²) in [5, 5.41) is 0. The van der Waals surface area contributed by atoms with Gasteiger partial charge in [0.15, 0.2) is 11.5 Å². The number of piperidine rings is 1. The van der Waals surface area contributed by atoms with Crippen LogP contribution in [0.3, 0.4) is 0 Å². The van der Waals surface area contributed by atoms with Crippen molar-refractivity contribution in [2.75, 3.05) is 19.3 Å². The molecule has 5 nitrogen and oxygen atoms in total. The van der Waals surface area contributed by atoms with Crippen LogP contribution in [0.15, 0.2) is 57.8 Å². The molecule has 1 aromatic heterocycles. The molecule has 1 fully saturated rings. The summed E-state index contributed by atoms with van der Waals surface area (Å²) in [4.78, 5) is 19.9. The molecule has 134 valence electrons. The van der Waals surface area contributed by atoms with E-state index in [1.54, 1.807) is 30.5 Å². The average Bonchev–Trinajstić information content (AvgIpc) is 3.12. The number of hydrogen-bond donors (Lipinski definition) is 0. The molecule has 4 rings (SSSR count). The van der Waals surface area contributed by atoms with E-state index in [1.165, 1.54) is 0 Å². The van der Waals surface area contributed by atoms with Crippen molar-refractivity contribution < 1.29 is 13.4 Å². The fourth-order valence-corrected chi connectivity index (χ4v) is 3.89. The molecular weight excluding hydrogens is 348 g/mol. The smallest absolute Gasteiger partial charge is 0.253 e. The second kappa shape index (κ2) is 7.03. The Hall–Kier alpha value is -2.47. The lowest BCUT2D eigenvalue weighted by atomic mass is 9.96. The minimum atomic E-state index is -1.03. The van der Waals surface area contributed by atoms with E-state index >= 15 is 0 Å². The van der Waals surface area contributed by atoms with Crippen LogP contribution < -0.4 is 0 Å². The normalized spacial score (nSPS) is 16.7. The number of likely N-dealkylation sites (tertiary alicyclic amines) is 1. The lowest BCUT2D eigenvalue weighted by Gasteiger charge is -2.30. The van der Waals surface area contributed by atoms with Crippen LogP contribution in [0.5, 0.6) is 0 Å². The van der Waals surface area contributed by atoms with Gasteiger partial charge in [-0.1, -0.05) is 12.1 Å². The Balaban J connectivity index is 1.42. The molecular formula is C20H20N2O3S. The molecule has 0 bridgehead atoms. The van der Waals surface area contributed by atoms with E-state index in [-0.39, 0.29) is 11.8 Å².